The number of benzene rings is 1. The van der Waals surface area contributed by atoms with Crippen LogP contribution < -0.4 is 11.1 Å². The molecule has 24 heavy (non-hydrogen) atoms. The lowest BCUT2D eigenvalue weighted by Crippen LogP contribution is -2.44. The molecule has 0 unspecified atom stereocenters. The molecule has 1 amide bonds. The van der Waals surface area contributed by atoms with Crippen LogP contribution in [-0.4, -0.2) is 30.8 Å². The van der Waals surface area contributed by atoms with Gasteiger partial charge in [0, 0.05) is 6.07 Å². The number of nitrogens with one attached hydrogen (secondary N) is 1. The van der Waals surface area contributed by atoms with Gasteiger partial charge < -0.3 is 20.5 Å². The maximum atomic E-state index is 13.4. The Morgan fingerprint density at radius 3 is 2.46 bits per heavy atom. The zero-order chi connectivity index (χ0) is 18.5. The van der Waals surface area contributed by atoms with Crippen LogP contribution in [0.2, 0.25) is 0 Å². The third-order valence-corrected chi connectivity index (χ3v) is 3.06. The first-order valence-electron chi connectivity index (χ1n) is 7.34. The van der Waals surface area contributed by atoms with Gasteiger partial charge in [0.25, 0.3) is 0 Å². The first kappa shape index (κ1) is 19.7. The van der Waals surface area contributed by atoms with E-state index in [2.05, 4.69) is 10.1 Å². The molecule has 0 aliphatic rings. The largest absolute Gasteiger partial charge is 0.467 e. The van der Waals surface area contributed by atoms with E-state index >= 15 is 0 Å². The number of carbonyl (C=O) groups excluding carboxylic acids is 2. The number of aryl methyl sites for hydroxylation is 1. The van der Waals surface area contributed by atoms with Crippen molar-refractivity contribution in [2.75, 3.05) is 12.8 Å². The normalized spacial score (nSPS) is 12.4. The number of carbonyl (C=O) groups is 2. The number of rotatable bonds is 5. The Balaban J connectivity index is 2.81. The van der Waals surface area contributed by atoms with Crippen molar-refractivity contribution in [1.29, 1.82) is 0 Å². The number of halogens is 2. The molecule has 0 saturated heterocycles. The second-order valence-corrected chi connectivity index (χ2v) is 6.22. The molecular weight excluding hydrogens is 322 g/mol. The van der Waals surface area contributed by atoms with E-state index in [0.717, 1.165) is 6.07 Å². The molecule has 0 aliphatic carbocycles. The van der Waals surface area contributed by atoms with E-state index < -0.39 is 35.3 Å². The molecule has 0 aliphatic heterocycles. The highest BCUT2D eigenvalue weighted by molar-refractivity contribution is 5.81. The van der Waals surface area contributed by atoms with Gasteiger partial charge >= 0.3 is 12.1 Å². The Labute approximate surface area is 139 Å². The van der Waals surface area contributed by atoms with Gasteiger partial charge in [-0.25, -0.2) is 18.4 Å². The lowest BCUT2D eigenvalue weighted by Gasteiger charge is -2.22. The zero-order valence-electron chi connectivity index (χ0n) is 14.1. The van der Waals surface area contributed by atoms with Crippen molar-refractivity contribution in [2.24, 2.45) is 0 Å². The summed E-state index contributed by atoms with van der Waals surface area (Å²) in [6.07, 6.45) is -0.689. The maximum Gasteiger partial charge on any atom is 0.408 e. The molecule has 1 aromatic rings. The number of methoxy groups -OCH3 is 1. The van der Waals surface area contributed by atoms with E-state index in [1.54, 1.807) is 20.8 Å². The molecule has 0 saturated carbocycles. The number of hydrogen-bond donors (Lipinski definition) is 2. The van der Waals surface area contributed by atoms with Gasteiger partial charge in [-0.3, -0.25) is 0 Å². The van der Waals surface area contributed by atoms with Gasteiger partial charge in [-0.1, -0.05) is 0 Å². The van der Waals surface area contributed by atoms with E-state index in [0.29, 0.717) is 6.07 Å². The average molecular weight is 344 g/mol. The summed E-state index contributed by atoms with van der Waals surface area (Å²) in [6.45, 7) is 5.03. The SMILES string of the molecule is COC(=O)[C@H](CCc1cc(F)cc(F)c1N)NC(=O)OC(C)(C)C. The second kappa shape index (κ2) is 7.94. The highest BCUT2D eigenvalue weighted by atomic mass is 19.1. The Morgan fingerprint density at radius 2 is 1.92 bits per heavy atom. The van der Waals surface area contributed by atoms with E-state index in [4.69, 9.17) is 10.5 Å². The van der Waals surface area contributed by atoms with E-state index in [-0.39, 0.29) is 24.1 Å². The molecule has 0 bridgehead atoms. The zero-order valence-corrected chi connectivity index (χ0v) is 14.1. The van der Waals surface area contributed by atoms with Crippen LogP contribution in [0.5, 0.6) is 0 Å². The molecule has 0 radical (unpaired) electrons. The smallest absolute Gasteiger partial charge is 0.408 e. The number of hydrogen-bond acceptors (Lipinski definition) is 5. The lowest BCUT2D eigenvalue weighted by molar-refractivity contribution is -0.143. The fourth-order valence-corrected chi connectivity index (χ4v) is 1.99. The topological polar surface area (TPSA) is 90.6 Å². The summed E-state index contributed by atoms with van der Waals surface area (Å²) in [7, 11) is 1.17. The van der Waals surface area contributed by atoms with Gasteiger partial charge in [-0.15, -0.1) is 0 Å². The quantitative estimate of drug-likeness (QED) is 0.633. The van der Waals surface area contributed by atoms with E-state index in [1.165, 1.54) is 7.11 Å². The van der Waals surface area contributed by atoms with Crippen molar-refractivity contribution in [3.8, 4) is 0 Å². The molecule has 1 atom stereocenters. The van der Waals surface area contributed by atoms with Crippen molar-refractivity contribution in [1.82, 2.24) is 5.32 Å². The third kappa shape index (κ3) is 6.02. The van der Waals surface area contributed by atoms with Crippen molar-refractivity contribution in [3.63, 3.8) is 0 Å². The number of anilines is 1. The summed E-state index contributed by atoms with van der Waals surface area (Å²) >= 11 is 0. The lowest BCUT2D eigenvalue weighted by atomic mass is 10.0. The molecule has 134 valence electrons. The Kier molecular flexibility index (Phi) is 6.51. The van der Waals surface area contributed by atoms with Crippen LogP contribution >= 0.6 is 0 Å². The number of amides is 1. The monoisotopic (exact) mass is 344 g/mol. The van der Waals surface area contributed by atoms with Crippen LogP contribution in [0.25, 0.3) is 0 Å². The van der Waals surface area contributed by atoms with Crippen LogP contribution in [0.1, 0.15) is 32.8 Å². The van der Waals surface area contributed by atoms with Crippen LogP contribution in [0, 0.1) is 11.6 Å². The highest BCUT2D eigenvalue weighted by Crippen LogP contribution is 2.20. The van der Waals surface area contributed by atoms with Gasteiger partial charge in [0.05, 0.1) is 12.8 Å². The Bertz CT molecular complexity index is 615. The standard InChI is InChI=1S/C16H22F2N2O4/c1-16(2,3)24-15(22)20-12(14(21)23-4)6-5-9-7-10(17)8-11(18)13(9)19/h7-8,12H,5-6,19H2,1-4H3,(H,20,22)/t12-/m0/s1. The molecule has 3 N–H and O–H groups in total. The van der Waals surface area contributed by atoms with Crippen molar-refractivity contribution >= 4 is 17.7 Å². The molecule has 0 aromatic heterocycles. The van der Waals surface area contributed by atoms with Gasteiger partial charge in [0.1, 0.15) is 23.3 Å². The first-order chi connectivity index (χ1) is 11.0. The average Bonchev–Trinajstić information content (AvgIpc) is 2.45. The third-order valence-electron chi connectivity index (χ3n) is 3.06. The van der Waals surface area contributed by atoms with Crippen LogP contribution in [-0.2, 0) is 20.7 Å². The fourth-order valence-electron chi connectivity index (χ4n) is 1.99. The predicted molar refractivity (Wildman–Crippen MR) is 84.3 cm³/mol. The molecule has 1 rings (SSSR count). The Hall–Kier alpha value is -2.38. The van der Waals surface area contributed by atoms with Gasteiger partial charge in [0.15, 0.2) is 0 Å². The summed E-state index contributed by atoms with van der Waals surface area (Å²) in [4.78, 5) is 23.6. The number of nitrogen functional groups attached to an aromatic ring is 1. The molecule has 8 heteroatoms. The summed E-state index contributed by atoms with van der Waals surface area (Å²) in [5, 5.41) is 2.38. The van der Waals surface area contributed by atoms with Gasteiger partial charge in [-0.05, 0) is 45.2 Å². The number of esters is 1. The molecule has 1 aromatic carbocycles. The van der Waals surface area contributed by atoms with Crippen LogP contribution in [0.15, 0.2) is 12.1 Å². The van der Waals surface area contributed by atoms with Crippen molar-refractivity contribution in [2.45, 2.75) is 45.3 Å². The number of nitrogens with two attached hydrogens (primary N) is 1. The number of alkyl carbamates (subject to hydrolysis) is 1. The molecule has 6 nitrogen and oxygen atoms in total. The Morgan fingerprint density at radius 1 is 1.29 bits per heavy atom. The minimum Gasteiger partial charge on any atom is -0.467 e. The van der Waals surface area contributed by atoms with Crippen LogP contribution in [0.4, 0.5) is 19.3 Å². The van der Waals surface area contributed by atoms with Crippen molar-refractivity contribution in [3.05, 3.63) is 29.3 Å². The first-order valence-corrected chi connectivity index (χ1v) is 7.34. The van der Waals surface area contributed by atoms with E-state index in [9.17, 15) is 18.4 Å². The molecular formula is C16H22F2N2O4. The summed E-state index contributed by atoms with van der Waals surface area (Å²) < 4.78 is 36.4. The molecule has 0 fully saturated rings. The highest BCUT2D eigenvalue weighted by Gasteiger charge is 2.25. The van der Waals surface area contributed by atoms with E-state index in [1.807, 2.05) is 0 Å². The fraction of sp³-hybridized carbons (Fsp3) is 0.500. The molecule has 0 spiro atoms. The van der Waals surface area contributed by atoms with Crippen molar-refractivity contribution < 1.29 is 27.8 Å². The van der Waals surface area contributed by atoms with Gasteiger partial charge in [0.2, 0.25) is 0 Å². The predicted octanol–water partition coefficient (Wildman–Crippen LogP) is 2.55. The summed E-state index contributed by atoms with van der Waals surface area (Å²) in [5.74, 6) is -2.34. The maximum absolute atomic E-state index is 13.4. The van der Waals surface area contributed by atoms with Gasteiger partial charge in [-0.2, -0.15) is 0 Å². The second-order valence-electron chi connectivity index (χ2n) is 6.22. The summed E-state index contributed by atoms with van der Waals surface area (Å²) in [6, 6.07) is 0.728. The summed E-state index contributed by atoms with van der Waals surface area (Å²) in [5.41, 5.74) is 4.83. The number of ether oxygens (including phenoxy) is 2. The minimum atomic E-state index is -1.03. The molecule has 0 heterocycles. The minimum absolute atomic E-state index is 0.0407. The van der Waals surface area contributed by atoms with Crippen LogP contribution in [0.3, 0.4) is 0 Å².